The number of nitrogens with zero attached hydrogens (tertiary/aromatic N) is 3. The molecule has 0 aromatic carbocycles. The van der Waals surface area contributed by atoms with E-state index in [0.29, 0.717) is 45.8 Å². The van der Waals surface area contributed by atoms with Gasteiger partial charge in [-0.3, -0.25) is 9.69 Å². The molecular weight excluding hydrogens is 262 g/mol. The maximum atomic E-state index is 12.2. The first kappa shape index (κ1) is 16.5. The Balaban J connectivity index is 2.40. The quantitative estimate of drug-likeness (QED) is 0.626. The summed E-state index contributed by atoms with van der Waals surface area (Å²) in [7, 11) is 0. The molecule has 2 N–H and O–H groups in total. The summed E-state index contributed by atoms with van der Waals surface area (Å²) >= 11 is 0. The highest BCUT2D eigenvalue weighted by Crippen LogP contribution is 2.06. The van der Waals surface area contributed by atoms with Gasteiger partial charge in [0.1, 0.15) is 0 Å². The summed E-state index contributed by atoms with van der Waals surface area (Å²) in [6, 6.07) is -0.100. The van der Waals surface area contributed by atoms with Gasteiger partial charge in [0.25, 0.3) is 0 Å². The van der Waals surface area contributed by atoms with Crippen LogP contribution in [-0.4, -0.2) is 89.3 Å². The highest BCUT2D eigenvalue weighted by atomic mass is 16.4. The molecule has 1 aliphatic heterocycles. The molecule has 0 bridgehead atoms. The lowest BCUT2D eigenvalue weighted by atomic mass is 10.3. The highest BCUT2D eigenvalue weighted by molar-refractivity contribution is 5.74. The molecule has 0 spiro atoms. The molecule has 0 aromatic heterocycles. The molecule has 0 unspecified atom stereocenters. The number of carbonyl (C=O) groups is 2. The molecule has 2 amide bonds. The molecule has 0 radical (unpaired) electrons. The maximum Gasteiger partial charge on any atom is 0.320 e. The first-order chi connectivity index (χ1) is 9.58. The van der Waals surface area contributed by atoms with Crippen LogP contribution < -0.4 is 0 Å². The van der Waals surface area contributed by atoms with Gasteiger partial charge in [0, 0.05) is 45.8 Å². The lowest BCUT2D eigenvalue weighted by Crippen LogP contribution is -2.53. The van der Waals surface area contributed by atoms with Crippen LogP contribution in [0.1, 0.15) is 6.42 Å². The molecule has 0 atom stereocenters. The molecule has 20 heavy (non-hydrogen) atoms. The number of carbonyl (C=O) groups excluding carboxylic acids is 1. The van der Waals surface area contributed by atoms with Gasteiger partial charge in [-0.2, -0.15) is 0 Å². The van der Waals surface area contributed by atoms with E-state index in [1.807, 2.05) is 4.90 Å². The molecule has 1 heterocycles. The molecule has 0 aliphatic carbocycles. The number of hydrogen-bond acceptors (Lipinski definition) is 4. The minimum atomic E-state index is -0.802. The number of aliphatic carboxylic acids is 1. The van der Waals surface area contributed by atoms with Gasteiger partial charge < -0.3 is 20.0 Å². The summed E-state index contributed by atoms with van der Waals surface area (Å²) < 4.78 is 0. The largest absolute Gasteiger partial charge is 0.481 e. The van der Waals surface area contributed by atoms with Crippen LogP contribution in [0.5, 0.6) is 0 Å². The minimum absolute atomic E-state index is 0.0713. The van der Waals surface area contributed by atoms with Crippen LogP contribution in [0.25, 0.3) is 0 Å². The summed E-state index contributed by atoms with van der Waals surface area (Å²) in [6.07, 6.45) is 1.76. The SMILES string of the molecule is C=CCN(CCO)C(=O)N1CCN(CCC(=O)O)CC1. The predicted octanol–water partition coefficient (Wildman–Crippen LogP) is -0.321. The number of piperazine rings is 1. The number of aliphatic hydroxyl groups is 1. The zero-order valence-corrected chi connectivity index (χ0v) is 11.7. The van der Waals surface area contributed by atoms with Crippen LogP contribution in [0.2, 0.25) is 0 Å². The molecule has 1 saturated heterocycles. The Bertz CT molecular complexity index is 341. The zero-order chi connectivity index (χ0) is 15.0. The van der Waals surface area contributed by atoms with Crippen molar-refractivity contribution in [2.24, 2.45) is 0 Å². The Kier molecular flexibility index (Phi) is 7.03. The smallest absolute Gasteiger partial charge is 0.320 e. The van der Waals surface area contributed by atoms with E-state index in [1.165, 1.54) is 0 Å². The number of amides is 2. The van der Waals surface area contributed by atoms with Crippen LogP contribution in [0.15, 0.2) is 12.7 Å². The fourth-order valence-corrected chi connectivity index (χ4v) is 2.16. The van der Waals surface area contributed by atoms with Crippen molar-refractivity contribution in [2.75, 3.05) is 52.4 Å². The van der Waals surface area contributed by atoms with Crippen molar-refractivity contribution in [1.82, 2.24) is 14.7 Å². The van der Waals surface area contributed by atoms with Crippen LogP contribution in [0.3, 0.4) is 0 Å². The third kappa shape index (κ3) is 5.18. The Morgan fingerprint density at radius 2 is 1.90 bits per heavy atom. The third-order valence-electron chi connectivity index (χ3n) is 3.27. The van der Waals surface area contributed by atoms with Gasteiger partial charge in [0.15, 0.2) is 0 Å². The van der Waals surface area contributed by atoms with Gasteiger partial charge in [-0.25, -0.2) is 4.79 Å². The van der Waals surface area contributed by atoms with E-state index in [9.17, 15) is 9.59 Å². The van der Waals surface area contributed by atoms with E-state index in [2.05, 4.69) is 6.58 Å². The summed E-state index contributed by atoms with van der Waals surface area (Å²) in [5.41, 5.74) is 0. The number of rotatable bonds is 7. The van der Waals surface area contributed by atoms with Crippen molar-refractivity contribution in [2.45, 2.75) is 6.42 Å². The van der Waals surface area contributed by atoms with Crippen molar-refractivity contribution in [3.8, 4) is 0 Å². The van der Waals surface area contributed by atoms with Crippen LogP contribution in [-0.2, 0) is 4.79 Å². The van der Waals surface area contributed by atoms with Gasteiger partial charge in [-0.1, -0.05) is 6.08 Å². The topological polar surface area (TPSA) is 84.3 Å². The van der Waals surface area contributed by atoms with Crippen molar-refractivity contribution in [3.63, 3.8) is 0 Å². The number of carboxylic acid groups (broad SMARTS) is 1. The van der Waals surface area contributed by atoms with Crippen molar-refractivity contribution in [3.05, 3.63) is 12.7 Å². The first-order valence-corrected chi connectivity index (χ1v) is 6.78. The number of urea groups is 1. The summed E-state index contributed by atoms with van der Waals surface area (Å²) in [4.78, 5) is 28.1. The molecule has 1 aliphatic rings. The highest BCUT2D eigenvalue weighted by Gasteiger charge is 2.24. The Morgan fingerprint density at radius 1 is 1.25 bits per heavy atom. The van der Waals surface area contributed by atoms with E-state index in [4.69, 9.17) is 10.2 Å². The molecule has 1 rings (SSSR count). The van der Waals surface area contributed by atoms with E-state index >= 15 is 0 Å². The normalized spacial score (nSPS) is 15.9. The van der Waals surface area contributed by atoms with Crippen molar-refractivity contribution >= 4 is 12.0 Å². The summed E-state index contributed by atoms with van der Waals surface area (Å²) in [6.45, 7) is 7.29. The fraction of sp³-hybridized carbons (Fsp3) is 0.692. The molecule has 0 saturated carbocycles. The Hall–Kier alpha value is -1.60. The van der Waals surface area contributed by atoms with E-state index < -0.39 is 5.97 Å². The van der Waals surface area contributed by atoms with Gasteiger partial charge in [0.05, 0.1) is 13.0 Å². The number of carboxylic acids is 1. The lowest BCUT2D eigenvalue weighted by Gasteiger charge is -2.37. The van der Waals surface area contributed by atoms with Crippen molar-refractivity contribution < 1.29 is 19.8 Å². The summed E-state index contributed by atoms with van der Waals surface area (Å²) in [5, 5.41) is 17.6. The number of hydrogen-bond donors (Lipinski definition) is 2. The molecule has 1 fully saturated rings. The minimum Gasteiger partial charge on any atom is -0.481 e. The van der Waals surface area contributed by atoms with E-state index in [1.54, 1.807) is 15.9 Å². The number of aliphatic hydroxyl groups excluding tert-OH is 1. The molecule has 114 valence electrons. The Morgan fingerprint density at radius 3 is 2.40 bits per heavy atom. The van der Waals surface area contributed by atoms with Gasteiger partial charge in [-0.15, -0.1) is 6.58 Å². The third-order valence-corrected chi connectivity index (χ3v) is 3.27. The Labute approximate surface area is 119 Å². The first-order valence-electron chi connectivity index (χ1n) is 6.78. The standard InChI is InChI=1S/C13H23N3O4/c1-2-4-15(10-11-17)13(20)16-8-6-14(7-9-16)5-3-12(18)19/h2,17H,1,3-11H2,(H,18,19). The second kappa shape index (κ2) is 8.55. The van der Waals surface area contributed by atoms with Gasteiger partial charge in [-0.05, 0) is 0 Å². The van der Waals surface area contributed by atoms with Gasteiger partial charge >= 0.3 is 12.0 Å². The van der Waals surface area contributed by atoms with Crippen LogP contribution in [0, 0.1) is 0 Å². The molecule has 7 heteroatoms. The van der Waals surface area contributed by atoms with Crippen LogP contribution >= 0.6 is 0 Å². The molecule has 7 nitrogen and oxygen atoms in total. The molecule has 0 aromatic rings. The van der Waals surface area contributed by atoms with Crippen molar-refractivity contribution in [1.29, 1.82) is 0 Å². The predicted molar refractivity (Wildman–Crippen MR) is 74.5 cm³/mol. The second-order valence-corrected chi connectivity index (χ2v) is 4.71. The fourth-order valence-electron chi connectivity index (χ4n) is 2.16. The average Bonchev–Trinajstić information content (AvgIpc) is 2.44. The average molecular weight is 285 g/mol. The van der Waals surface area contributed by atoms with Gasteiger partial charge in [0.2, 0.25) is 0 Å². The van der Waals surface area contributed by atoms with E-state index in [0.717, 1.165) is 0 Å². The molecular formula is C13H23N3O4. The maximum absolute atomic E-state index is 12.2. The summed E-state index contributed by atoms with van der Waals surface area (Å²) in [5.74, 6) is -0.802. The second-order valence-electron chi connectivity index (χ2n) is 4.71. The lowest BCUT2D eigenvalue weighted by molar-refractivity contribution is -0.137. The van der Waals surface area contributed by atoms with E-state index in [-0.39, 0.29) is 19.1 Å². The zero-order valence-electron chi connectivity index (χ0n) is 11.7. The monoisotopic (exact) mass is 285 g/mol. The van der Waals surface area contributed by atoms with Crippen LogP contribution in [0.4, 0.5) is 4.79 Å².